The molecule has 8 atom stereocenters. The van der Waals surface area contributed by atoms with Crippen molar-refractivity contribution in [1.29, 1.82) is 0 Å². The monoisotopic (exact) mass is 322 g/mol. The summed E-state index contributed by atoms with van der Waals surface area (Å²) >= 11 is 0. The van der Waals surface area contributed by atoms with E-state index >= 15 is 0 Å². The van der Waals surface area contributed by atoms with Gasteiger partial charge >= 0.3 is 0 Å². The number of hydrogen-bond donors (Lipinski definition) is 1. The Labute approximate surface area is 137 Å². The lowest BCUT2D eigenvalue weighted by atomic mass is 9.44. The number of aliphatic hydroxyl groups excluding tert-OH is 1. The fourth-order valence-corrected chi connectivity index (χ4v) is 6.84. The van der Waals surface area contributed by atoms with Gasteiger partial charge in [-0.1, -0.05) is 13.8 Å². The third-order valence-corrected chi connectivity index (χ3v) is 8.09. The summed E-state index contributed by atoms with van der Waals surface area (Å²) in [6.07, 6.45) is 2.47. The minimum absolute atomic E-state index is 0.0443. The number of alkyl halides is 1. The van der Waals surface area contributed by atoms with Crippen LogP contribution in [0.25, 0.3) is 0 Å². The van der Waals surface area contributed by atoms with Gasteiger partial charge in [0.25, 0.3) is 0 Å². The molecule has 0 aliphatic heterocycles. The SMILES string of the molecule is C[C@]12CCC(=O)C[C@@H]1[C@@H](F)C[C@H]1[C@@H]3CC[C@H](O)[C@@]3(C)CC(=O)[C@@H]12. The lowest BCUT2D eigenvalue weighted by Crippen LogP contribution is -2.60. The van der Waals surface area contributed by atoms with Gasteiger partial charge < -0.3 is 5.11 Å². The van der Waals surface area contributed by atoms with Gasteiger partial charge in [-0.3, -0.25) is 9.59 Å². The molecule has 128 valence electrons. The zero-order valence-corrected chi connectivity index (χ0v) is 14.1. The summed E-state index contributed by atoms with van der Waals surface area (Å²) < 4.78 is 15.0. The molecule has 23 heavy (non-hydrogen) atoms. The van der Waals surface area contributed by atoms with Gasteiger partial charge in [-0.25, -0.2) is 4.39 Å². The van der Waals surface area contributed by atoms with Crippen molar-refractivity contribution in [3.8, 4) is 0 Å². The average molecular weight is 322 g/mol. The second-order valence-corrected chi connectivity index (χ2v) is 9.10. The molecule has 0 amide bonds. The summed E-state index contributed by atoms with van der Waals surface area (Å²) in [5, 5.41) is 10.4. The van der Waals surface area contributed by atoms with Crippen LogP contribution >= 0.6 is 0 Å². The van der Waals surface area contributed by atoms with Crippen molar-refractivity contribution in [2.24, 2.45) is 34.5 Å². The molecular weight excluding hydrogens is 295 g/mol. The first-order chi connectivity index (χ1) is 10.8. The summed E-state index contributed by atoms with van der Waals surface area (Å²) in [4.78, 5) is 24.9. The van der Waals surface area contributed by atoms with E-state index < -0.39 is 12.3 Å². The number of hydrogen-bond acceptors (Lipinski definition) is 3. The van der Waals surface area contributed by atoms with E-state index in [2.05, 4.69) is 6.92 Å². The topological polar surface area (TPSA) is 54.4 Å². The Morgan fingerprint density at radius 2 is 1.87 bits per heavy atom. The number of carbonyl (C=O) groups is 2. The molecule has 0 aromatic heterocycles. The minimum atomic E-state index is -0.988. The van der Waals surface area contributed by atoms with Crippen LogP contribution in [0.5, 0.6) is 0 Å². The number of fused-ring (bicyclic) bond motifs is 5. The second kappa shape index (κ2) is 4.87. The Hall–Kier alpha value is -0.770. The van der Waals surface area contributed by atoms with E-state index in [0.717, 1.165) is 12.8 Å². The first-order valence-electron chi connectivity index (χ1n) is 9.14. The minimum Gasteiger partial charge on any atom is -0.393 e. The van der Waals surface area contributed by atoms with E-state index in [-0.39, 0.29) is 46.1 Å². The zero-order chi connectivity index (χ0) is 16.6. The molecule has 0 aromatic rings. The van der Waals surface area contributed by atoms with Crippen LogP contribution < -0.4 is 0 Å². The maximum absolute atomic E-state index is 15.0. The van der Waals surface area contributed by atoms with E-state index in [1.807, 2.05) is 6.92 Å². The lowest BCUT2D eigenvalue weighted by molar-refractivity contribution is -0.171. The molecule has 4 rings (SSSR count). The molecule has 4 heteroatoms. The molecule has 1 N–H and O–H groups in total. The highest BCUT2D eigenvalue weighted by atomic mass is 19.1. The predicted octanol–water partition coefficient (Wildman–Crippen LogP) is 3.09. The summed E-state index contributed by atoms with van der Waals surface area (Å²) in [7, 11) is 0. The Morgan fingerprint density at radius 1 is 1.13 bits per heavy atom. The molecule has 4 fully saturated rings. The van der Waals surface area contributed by atoms with E-state index in [1.54, 1.807) is 0 Å². The highest BCUT2D eigenvalue weighted by Crippen LogP contribution is 2.65. The average Bonchev–Trinajstić information content (AvgIpc) is 2.76. The maximum Gasteiger partial charge on any atom is 0.137 e. The predicted molar refractivity (Wildman–Crippen MR) is 83.4 cm³/mol. The Kier molecular flexibility index (Phi) is 3.33. The van der Waals surface area contributed by atoms with E-state index in [4.69, 9.17) is 0 Å². The highest BCUT2D eigenvalue weighted by Gasteiger charge is 2.65. The number of halogens is 1. The van der Waals surface area contributed by atoms with Crippen LogP contribution in [-0.4, -0.2) is 28.9 Å². The van der Waals surface area contributed by atoms with Crippen LogP contribution in [0.1, 0.15) is 58.8 Å². The first-order valence-corrected chi connectivity index (χ1v) is 9.14. The van der Waals surface area contributed by atoms with E-state index in [9.17, 15) is 19.1 Å². The van der Waals surface area contributed by atoms with Crippen LogP contribution in [0.3, 0.4) is 0 Å². The van der Waals surface area contributed by atoms with Gasteiger partial charge in [-0.05, 0) is 42.9 Å². The third kappa shape index (κ3) is 1.96. The fourth-order valence-electron chi connectivity index (χ4n) is 6.84. The number of Topliss-reactive ketones (excluding diaryl/α,β-unsaturated/α-hetero) is 2. The van der Waals surface area contributed by atoms with Crippen molar-refractivity contribution in [1.82, 2.24) is 0 Å². The van der Waals surface area contributed by atoms with Crippen LogP contribution in [0.4, 0.5) is 4.39 Å². The largest absolute Gasteiger partial charge is 0.393 e. The molecular formula is C19H27FO3. The molecule has 0 aromatic carbocycles. The van der Waals surface area contributed by atoms with Crippen molar-refractivity contribution < 1.29 is 19.1 Å². The van der Waals surface area contributed by atoms with Crippen molar-refractivity contribution in [2.45, 2.75) is 71.1 Å². The van der Waals surface area contributed by atoms with Crippen LogP contribution in [-0.2, 0) is 9.59 Å². The van der Waals surface area contributed by atoms with Crippen molar-refractivity contribution in [3.63, 3.8) is 0 Å². The molecule has 0 unspecified atom stereocenters. The maximum atomic E-state index is 15.0. The van der Waals surface area contributed by atoms with E-state index in [0.29, 0.717) is 32.1 Å². The summed E-state index contributed by atoms with van der Waals surface area (Å²) in [5.41, 5.74) is -0.742. The highest BCUT2D eigenvalue weighted by molar-refractivity contribution is 5.86. The number of aliphatic hydroxyl groups is 1. The standard InChI is InChI=1S/C19H27FO3/c1-18-6-5-10(21)7-13(18)14(20)8-11-12-3-4-16(23)19(12,2)9-15(22)17(11)18/h11-14,16-17,23H,3-9H2,1-2H3/t11-,12-,13+,14-,16-,17+,18-,19-/m0/s1. The van der Waals surface area contributed by atoms with Gasteiger partial charge in [0, 0.05) is 36.5 Å². The molecule has 4 saturated carbocycles. The number of ketones is 2. The van der Waals surface area contributed by atoms with Crippen molar-refractivity contribution >= 4 is 11.6 Å². The molecule has 0 radical (unpaired) electrons. The molecule has 0 heterocycles. The molecule has 4 aliphatic rings. The van der Waals surface area contributed by atoms with Gasteiger partial charge in [0.15, 0.2) is 0 Å². The molecule has 3 nitrogen and oxygen atoms in total. The van der Waals surface area contributed by atoms with Crippen molar-refractivity contribution in [3.05, 3.63) is 0 Å². The first kappa shape index (κ1) is 15.7. The Bertz CT molecular complexity index is 561. The lowest BCUT2D eigenvalue weighted by Gasteiger charge is -2.59. The summed E-state index contributed by atoms with van der Waals surface area (Å²) in [6, 6.07) is 0. The van der Waals surface area contributed by atoms with Crippen molar-refractivity contribution in [2.75, 3.05) is 0 Å². The summed E-state index contributed by atoms with van der Waals surface area (Å²) in [6.45, 7) is 4.08. The Balaban J connectivity index is 1.74. The zero-order valence-electron chi connectivity index (χ0n) is 14.1. The second-order valence-electron chi connectivity index (χ2n) is 9.10. The van der Waals surface area contributed by atoms with Crippen LogP contribution in [0.2, 0.25) is 0 Å². The quantitative estimate of drug-likeness (QED) is 0.745. The van der Waals surface area contributed by atoms with Gasteiger partial charge in [0.1, 0.15) is 17.7 Å². The van der Waals surface area contributed by atoms with Crippen LogP contribution in [0, 0.1) is 34.5 Å². The summed E-state index contributed by atoms with van der Waals surface area (Å²) in [5.74, 6) is 0.249. The smallest absolute Gasteiger partial charge is 0.137 e. The molecule has 0 saturated heterocycles. The fraction of sp³-hybridized carbons (Fsp3) is 0.895. The van der Waals surface area contributed by atoms with Gasteiger partial charge in [0.2, 0.25) is 0 Å². The molecule has 0 bridgehead atoms. The van der Waals surface area contributed by atoms with E-state index in [1.165, 1.54) is 0 Å². The third-order valence-electron chi connectivity index (χ3n) is 8.09. The van der Waals surface area contributed by atoms with Crippen LogP contribution in [0.15, 0.2) is 0 Å². The number of rotatable bonds is 0. The van der Waals surface area contributed by atoms with Gasteiger partial charge in [-0.15, -0.1) is 0 Å². The molecule has 0 spiro atoms. The molecule has 4 aliphatic carbocycles. The van der Waals surface area contributed by atoms with Gasteiger partial charge in [-0.2, -0.15) is 0 Å². The number of carbonyl (C=O) groups excluding carboxylic acids is 2. The van der Waals surface area contributed by atoms with Gasteiger partial charge in [0.05, 0.1) is 6.10 Å². The normalized spacial score (nSPS) is 56.0. The Morgan fingerprint density at radius 3 is 2.61 bits per heavy atom.